The fourth-order valence-corrected chi connectivity index (χ4v) is 2.19. The smallest absolute Gasteiger partial charge is 0.344 e. The average Bonchev–Trinajstić information content (AvgIpc) is 2.61. The molecule has 0 aliphatic rings. The van der Waals surface area contributed by atoms with Gasteiger partial charge in [0.2, 0.25) is 0 Å². The monoisotopic (exact) mass is 357 g/mol. The number of anilines is 1. The Labute approximate surface area is 153 Å². The van der Waals surface area contributed by atoms with E-state index in [9.17, 15) is 9.59 Å². The molecule has 6 heteroatoms. The summed E-state index contributed by atoms with van der Waals surface area (Å²) in [6.07, 6.45) is -0.924. The van der Waals surface area contributed by atoms with E-state index in [2.05, 4.69) is 5.32 Å². The topological polar surface area (TPSA) is 73.9 Å². The van der Waals surface area contributed by atoms with Gasteiger partial charge in [0.15, 0.2) is 12.7 Å². The number of carbonyl (C=O) groups excluding carboxylic acids is 2. The second-order valence-electron chi connectivity index (χ2n) is 5.68. The van der Waals surface area contributed by atoms with Gasteiger partial charge in [-0.1, -0.05) is 12.1 Å². The first-order chi connectivity index (χ1) is 12.5. The molecule has 1 unspecified atom stereocenters. The van der Waals surface area contributed by atoms with E-state index in [-0.39, 0.29) is 6.61 Å². The maximum absolute atomic E-state index is 12.1. The predicted molar refractivity (Wildman–Crippen MR) is 98.5 cm³/mol. The molecule has 26 heavy (non-hydrogen) atoms. The van der Waals surface area contributed by atoms with E-state index in [0.29, 0.717) is 18.0 Å². The highest BCUT2D eigenvalue weighted by molar-refractivity contribution is 5.95. The molecule has 1 amide bonds. The summed E-state index contributed by atoms with van der Waals surface area (Å²) in [5, 5.41) is 2.71. The Bertz CT molecular complexity index is 742. The summed E-state index contributed by atoms with van der Waals surface area (Å²) in [5.74, 6) is 0.224. The Hall–Kier alpha value is -3.02. The van der Waals surface area contributed by atoms with Crippen molar-refractivity contribution in [1.82, 2.24) is 0 Å². The van der Waals surface area contributed by atoms with Crippen LogP contribution in [0.1, 0.15) is 19.4 Å². The van der Waals surface area contributed by atoms with Crippen LogP contribution in [0.25, 0.3) is 0 Å². The van der Waals surface area contributed by atoms with E-state index in [1.807, 2.05) is 32.0 Å². The lowest BCUT2D eigenvalue weighted by molar-refractivity contribution is -0.155. The lowest BCUT2D eigenvalue weighted by Crippen LogP contribution is -2.31. The van der Waals surface area contributed by atoms with Gasteiger partial charge in [-0.2, -0.15) is 0 Å². The molecule has 1 N–H and O–H groups in total. The van der Waals surface area contributed by atoms with Crippen molar-refractivity contribution in [2.45, 2.75) is 26.9 Å². The highest BCUT2D eigenvalue weighted by Crippen LogP contribution is 2.17. The van der Waals surface area contributed by atoms with Gasteiger partial charge < -0.3 is 19.5 Å². The molecule has 2 aromatic carbocycles. The van der Waals surface area contributed by atoms with Gasteiger partial charge in [0.25, 0.3) is 5.91 Å². The van der Waals surface area contributed by atoms with Crippen LogP contribution < -0.4 is 14.8 Å². The SMILES string of the molecule is CCOc1ccc(OCC(=O)OC(C)C(=O)Nc2cccc(C)c2)cc1. The van der Waals surface area contributed by atoms with Gasteiger partial charge in [0, 0.05) is 5.69 Å². The third-order valence-electron chi connectivity index (χ3n) is 3.45. The number of ether oxygens (including phenoxy) is 3. The summed E-state index contributed by atoms with van der Waals surface area (Å²) < 4.78 is 15.8. The van der Waals surface area contributed by atoms with Crippen LogP contribution in [0.15, 0.2) is 48.5 Å². The molecule has 0 aromatic heterocycles. The number of amides is 1. The molecule has 0 bridgehead atoms. The third kappa shape index (κ3) is 6.12. The van der Waals surface area contributed by atoms with Crippen LogP contribution in [0.5, 0.6) is 11.5 Å². The Morgan fingerprint density at radius 3 is 2.31 bits per heavy atom. The molecule has 0 aliphatic heterocycles. The number of aryl methyl sites for hydroxylation is 1. The van der Waals surface area contributed by atoms with Crippen LogP contribution in [-0.2, 0) is 14.3 Å². The van der Waals surface area contributed by atoms with Gasteiger partial charge in [0.1, 0.15) is 11.5 Å². The molecule has 0 heterocycles. The molecule has 0 fully saturated rings. The first-order valence-electron chi connectivity index (χ1n) is 8.40. The molecule has 0 spiro atoms. The van der Waals surface area contributed by atoms with Crippen LogP contribution in [0, 0.1) is 6.92 Å². The summed E-state index contributed by atoms with van der Waals surface area (Å²) in [4.78, 5) is 23.9. The highest BCUT2D eigenvalue weighted by Gasteiger charge is 2.18. The van der Waals surface area contributed by atoms with Gasteiger partial charge in [0.05, 0.1) is 6.61 Å². The van der Waals surface area contributed by atoms with Crippen LogP contribution in [0.3, 0.4) is 0 Å². The maximum atomic E-state index is 12.1. The quantitative estimate of drug-likeness (QED) is 0.734. The second-order valence-corrected chi connectivity index (χ2v) is 5.68. The minimum atomic E-state index is -0.924. The lowest BCUT2D eigenvalue weighted by Gasteiger charge is -2.14. The molecule has 2 rings (SSSR count). The second kappa shape index (κ2) is 9.46. The molecule has 1 atom stereocenters. The summed E-state index contributed by atoms with van der Waals surface area (Å²) in [6.45, 7) is 5.64. The molecule has 2 aromatic rings. The first-order valence-corrected chi connectivity index (χ1v) is 8.40. The fraction of sp³-hybridized carbons (Fsp3) is 0.300. The van der Waals surface area contributed by atoms with Crippen molar-refractivity contribution in [3.8, 4) is 11.5 Å². The van der Waals surface area contributed by atoms with Crippen molar-refractivity contribution in [2.24, 2.45) is 0 Å². The van der Waals surface area contributed by atoms with E-state index in [0.717, 1.165) is 11.3 Å². The van der Waals surface area contributed by atoms with Crippen LogP contribution in [-0.4, -0.2) is 31.2 Å². The molecule has 0 aliphatic carbocycles. The largest absolute Gasteiger partial charge is 0.494 e. The average molecular weight is 357 g/mol. The molecule has 138 valence electrons. The number of hydrogen-bond donors (Lipinski definition) is 1. The van der Waals surface area contributed by atoms with E-state index in [4.69, 9.17) is 14.2 Å². The Morgan fingerprint density at radius 2 is 1.69 bits per heavy atom. The van der Waals surface area contributed by atoms with Crippen molar-refractivity contribution in [1.29, 1.82) is 0 Å². The molecule has 6 nitrogen and oxygen atoms in total. The fourth-order valence-electron chi connectivity index (χ4n) is 2.19. The summed E-state index contributed by atoms with van der Waals surface area (Å²) in [7, 11) is 0. The molecule has 0 saturated carbocycles. The number of hydrogen-bond acceptors (Lipinski definition) is 5. The van der Waals surface area contributed by atoms with E-state index < -0.39 is 18.0 Å². The zero-order chi connectivity index (χ0) is 18.9. The molecule has 0 radical (unpaired) electrons. The third-order valence-corrected chi connectivity index (χ3v) is 3.45. The maximum Gasteiger partial charge on any atom is 0.344 e. The number of esters is 1. The van der Waals surface area contributed by atoms with Crippen molar-refractivity contribution < 1.29 is 23.8 Å². The summed E-state index contributed by atoms with van der Waals surface area (Å²) >= 11 is 0. The van der Waals surface area contributed by atoms with E-state index in [1.165, 1.54) is 6.92 Å². The van der Waals surface area contributed by atoms with Crippen molar-refractivity contribution in [2.75, 3.05) is 18.5 Å². The number of rotatable bonds is 8. The Balaban J connectivity index is 1.78. The summed E-state index contributed by atoms with van der Waals surface area (Å²) in [5.41, 5.74) is 1.68. The predicted octanol–water partition coefficient (Wildman–Crippen LogP) is 3.34. The minimum Gasteiger partial charge on any atom is -0.494 e. The standard InChI is InChI=1S/C20H23NO5/c1-4-24-17-8-10-18(11-9-17)25-13-19(22)26-15(3)20(23)21-16-7-5-6-14(2)12-16/h5-12,15H,4,13H2,1-3H3,(H,21,23). The van der Waals surface area contributed by atoms with Crippen molar-refractivity contribution >= 4 is 17.6 Å². The van der Waals surface area contributed by atoms with Gasteiger partial charge in [-0.25, -0.2) is 4.79 Å². The van der Waals surface area contributed by atoms with Gasteiger partial charge in [-0.05, 0) is 62.7 Å². The molecule has 0 saturated heterocycles. The Kier molecular flexibility index (Phi) is 7.02. The highest BCUT2D eigenvalue weighted by atomic mass is 16.6. The number of nitrogens with one attached hydrogen (secondary N) is 1. The summed E-state index contributed by atoms with van der Waals surface area (Å²) in [6, 6.07) is 14.3. The zero-order valence-corrected chi connectivity index (χ0v) is 15.2. The van der Waals surface area contributed by atoms with Crippen molar-refractivity contribution in [3.05, 3.63) is 54.1 Å². The van der Waals surface area contributed by atoms with Crippen LogP contribution in [0.2, 0.25) is 0 Å². The van der Waals surface area contributed by atoms with E-state index >= 15 is 0 Å². The number of benzene rings is 2. The minimum absolute atomic E-state index is 0.282. The van der Waals surface area contributed by atoms with Crippen LogP contribution in [0.4, 0.5) is 5.69 Å². The van der Waals surface area contributed by atoms with Gasteiger partial charge in [-0.15, -0.1) is 0 Å². The normalized spacial score (nSPS) is 11.3. The van der Waals surface area contributed by atoms with E-state index in [1.54, 1.807) is 30.3 Å². The Morgan fingerprint density at radius 1 is 1.04 bits per heavy atom. The first kappa shape index (κ1) is 19.3. The van der Waals surface area contributed by atoms with Gasteiger partial charge >= 0.3 is 5.97 Å². The van der Waals surface area contributed by atoms with Crippen molar-refractivity contribution in [3.63, 3.8) is 0 Å². The van der Waals surface area contributed by atoms with Crippen LogP contribution >= 0.6 is 0 Å². The number of carbonyl (C=O) groups is 2. The molecular weight excluding hydrogens is 334 g/mol. The molecular formula is C20H23NO5. The van der Waals surface area contributed by atoms with Gasteiger partial charge in [-0.3, -0.25) is 4.79 Å². The zero-order valence-electron chi connectivity index (χ0n) is 15.2. The lowest BCUT2D eigenvalue weighted by atomic mass is 10.2.